The lowest BCUT2D eigenvalue weighted by Gasteiger charge is -2.23. The smallest absolute Gasteiger partial charge is 0.252 e. The second-order valence-electron chi connectivity index (χ2n) is 7.27. The highest BCUT2D eigenvalue weighted by molar-refractivity contribution is 7.22. The Morgan fingerprint density at radius 3 is 2.50 bits per heavy atom. The van der Waals surface area contributed by atoms with E-state index in [1.807, 2.05) is 24.3 Å². The van der Waals surface area contributed by atoms with Gasteiger partial charge in [0, 0.05) is 24.2 Å². The van der Waals surface area contributed by atoms with Gasteiger partial charge in [0.05, 0.1) is 10.2 Å². The number of carbonyl (C=O) groups excluding carboxylic acids is 1. The quantitative estimate of drug-likeness (QED) is 0.405. The first-order valence-electron chi connectivity index (χ1n) is 10.3. The molecule has 0 bridgehead atoms. The highest BCUT2D eigenvalue weighted by Crippen LogP contribution is 2.31. The van der Waals surface area contributed by atoms with Crippen molar-refractivity contribution in [2.75, 3.05) is 31.1 Å². The Morgan fingerprint density at radius 1 is 1.10 bits per heavy atom. The first kappa shape index (κ1) is 22.5. The molecule has 0 N–H and O–H groups in total. The van der Waals surface area contributed by atoms with E-state index in [9.17, 15) is 4.79 Å². The molecule has 1 heterocycles. The third kappa shape index (κ3) is 5.28. The van der Waals surface area contributed by atoms with E-state index in [2.05, 4.69) is 44.7 Å². The molecule has 0 saturated heterocycles. The van der Waals surface area contributed by atoms with E-state index in [0.29, 0.717) is 11.6 Å². The van der Waals surface area contributed by atoms with Crippen LogP contribution in [0.25, 0.3) is 16.3 Å². The average Bonchev–Trinajstić information content (AvgIpc) is 3.13. The van der Waals surface area contributed by atoms with Crippen molar-refractivity contribution in [1.29, 1.82) is 0 Å². The zero-order valence-corrected chi connectivity index (χ0v) is 19.6. The van der Waals surface area contributed by atoms with Gasteiger partial charge in [0.25, 0.3) is 5.91 Å². The van der Waals surface area contributed by atoms with Gasteiger partial charge in [-0.15, -0.1) is 0 Å². The maximum absolute atomic E-state index is 13.2. The molecule has 3 aromatic rings. The van der Waals surface area contributed by atoms with Gasteiger partial charge in [0.15, 0.2) is 5.13 Å². The number of fused-ring (bicyclic) bond motifs is 1. The molecule has 158 valence electrons. The first-order valence-corrected chi connectivity index (χ1v) is 11.5. The summed E-state index contributed by atoms with van der Waals surface area (Å²) in [6.45, 7) is 11.7. The Kier molecular flexibility index (Phi) is 7.64. The lowest BCUT2D eigenvalue weighted by Crippen LogP contribution is -2.38. The van der Waals surface area contributed by atoms with Gasteiger partial charge >= 0.3 is 0 Å². The summed E-state index contributed by atoms with van der Waals surface area (Å²) in [4.78, 5) is 22.0. The predicted molar refractivity (Wildman–Crippen MR) is 130 cm³/mol. The number of rotatable bonds is 8. The first-order chi connectivity index (χ1) is 14.4. The Bertz CT molecular complexity index is 1020. The molecule has 0 radical (unpaired) electrons. The monoisotopic (exact) mass is 441 g/mol. The standard InChI is InChI=1S/C24H28ClN3OS/c1-5-27(6-2)13-14-28(23(29)12-11-19-9-7-8-10-20(19)25)24-26-21-15-17(3)18(4)16-22(21)30-24/h7-12,15-16H,5-6,13-14H2,1-4H3/b12-11+. The highest BCUT2D eigenvalue weighted by Gasteiger charge is 2.19. The van der Waals surface area contributed by atoms with E-state index < -0.39 is 0 Å². The van der Waals surface area contributed by atoms with Gasteiger partial charge in [0.2, 0.25) is 0 Å². The van der Waals surface area contributed by atoms with Gasteiger partial charge in [0.1, 0.15) is 0 Å². The summed E-state index contributed by atoms with van der Waals surface area (Å²) in [5.41, 5.74) is 4.21. The molecular formula is C24H28ClN3OS. The third-order valence-corrected chi connectivity index (χ3v) is 6.72. The van der Waals surface area contributed by atoms with Crippen molar-refractivity contribution < 1.29 is 4.79 Å². The van der Waals surface area contributed by atoms with Crippen LogP contribution in [-0.4, -0.2) is 42.0 Å². The Balaban J connectivity index is 1.91. The highest BCUT2D eigenvalue weighted by atomic mass is 35.5. The number of aromatic nitrogens is 1. The molecule has 2 aromatic carbocycles. The second-order valence-corrected chi connectivity index (χ2v) is 8.69. The van der Waals surface area contributed by atoms with E-state index in [0.717, 1.165) is 40.5 Å². The molecule has 0 atom stereocenters. The fourth-order valence-corrected chi connectivity index (χ4v) is 4.50. The molecule has 4 nitrogen and oxygen atoms in total. The SMILES string of the molecule is CCN(CC)CCN(C(=O)/C=C/c1ccccc1Cl)c1nc2cc(C)c(C)cc2s1. The molecule has 1 amide bonds. The van der Waals surface area contributed by atoms with Gasteiger partial charge in [-0.25, -0.2) is 4.98 Å². The van der Waals surface area contributed by atoms with E-state index in [1.54, 1.807) is 28.4 Å². The molecule has 1 aromatic heterocycles. The Hall–Kier alpha value is -2.21. The molecule has 0 unspecified atom stereocenters. The zero-order chi connectivity index (χ0) is 21.7. The van der Waals surface area contributed by atoms with E-state index in [-0.39, 0.29) is 5.91 Å². The lowest BCUT2D eigenvalue weighted by atomic mass is 10.1. The van der Waals surface area contributed by atoms with Gasteiger partial charge in [-0.3, -0.25) is 9.69 Å². The van der Waals surface area contributed by atoms with Crippen molar-refractivity contribution in [2.45, 2.75) is 27.7 Å². The van der Waals surface area contributed by atoms with Crippen LogP contribution in [0.15, 0.2) is 42.5 Å². The molecule has 30 heavy (non-hydrogen) atoms. The normalized spacial score (nSPS) is 11.7. The number of carbonyl (C=O) groups is 1. The number of thiazole rings is 1. The van der Waals surface area contributed by atoms with Crippen molar-refractivity contribution in [3.63, 3.8) is 0 Å². The zero-order valence-electron chi connectivity index (χ0n) is 18.0. The minimum absolute atomic E-state index is 0.0884. The maximum Gasteiger partial charge on any atom is 0.252 e. The summed E-state index contributed by atoms with van der Waals surface area (Å²) in [5.74, 6) is -0.0884. The van der Waals surface area contributed by atoms with Gasteiger partial charge < -0.3 is 4.90 Å². The van der Waals surface area contributed by atoms with Crippen LogP contribution in [0.4, 0.5) is 5.13 Å². The minimum atomic E-state index is -0.0884. The molecule has 0 saturated carbocycles. The van der Waals surface area contributed by atoms with Crippen LogP contribution in [0.5, 0.6) is 0 Å². The summed E-state index contributed by atoms with van der Waals surface area (Å²) in [7, 11) is 0. The largest absolute Gasteiger partial charge is 0.302 e. The summed E-state index contributed by atoms with van der Waals surface area (Å²) >= 11 is 7.80. The van der Waals surface area contributed by atoms with Crippen molar-refractivity contribution >= 4 is 50.3 Å². The summed E-state index contributed by atoms with van der Waals surface area (Å²) in [6, 6.07) is 11.8. The van der Waals surface area contributed by atoms with Crippen molar-refractivity contribution in [3.05, 3.63) is 64.2 Å². The van der Waals surface area contributed by atoms with Crippen molar-refractivity contribution in [3.8, 4) is 0 Å². The van der Waals surface area contributed by atoms with Crippen LogP contribution in [0.3, 0.4) is 0 Å². The summed E-state index contributed by atoms with van der Waals surface area (Å²) in [6.07, 6.45) is 3.36. The number of anilines is 1. The summed E-state index contributed by atoms with van der Waals surface area (Å²) < 4.78 is 1.10. The van der Waals surface area contributed by atoms with Crippen molar-refractivity contribution in [1.82, 2.24) is 9.88 Å². The number of amides is 1. The number of halogens is 1. The van der Waals surface area contributed by atoms with Crippen LogP contribution in [0.1, 0.15) is 30.5 Å². The van der Waals surface area contributed by atoms with Crippen LogP contribution < -0.4 is 4.90 Å². The van der Waals surface area contributed by atoms with Gasteiger partial charge in [-0.05, 0) is 67.9 Å². The van der Waals surface area contributed by atoms with Crippen LogP contribution in [0.2, 0.25) is 5.02 Å². The number of hydrogen-bond acceptors (Lipinski definition) is 4. The fraction of sp³-hybridized carbons (Fsp3) is 0.333. The minimum Gasteiger partial charge on any atom is -0.302 e. The van der Waals surface area contributed by atoms with E-state index >= 15 is 0 Å². The van der Waals surface area contributed by atoms with Crippen LogP contribution in [-0.2, 0) is 4.79 Å². The Labute approximate surface area is 187 Å². The predicted octanol–water partition coefficient (Wildman–Crippen LogP) is 5.95. The molecule has 3 rings (SSSR count). The Morgan fingerprint density at radius 2 is 1.80 bits per heavy atom. The number of nitrogens with zero attached hydrogens (tertiary/aromatic N) is 3. The van der Waals surface area contributed by atoms with E-state index in [4.69, 9.17) is 16.6 Å². The molecule has 0 spiro atoms. The average molecular weight is 442 g/mol. The van der Waals surface area contributed by atoms with Crippen LogP contribution in [0, 0.1) is 13.8 Å². The fourth-order valence-electron chi connectivity index (χ4n) is 3.23. The third-order valence-electron chi connectivity index (χ3n) is 5.33. The lowest BCUT2D eigenvalue weighted by molar-refractivity contribution is -0.114. The summed E-state index contributed by atoms with van der Waals surface area (Å²) in [5, 5.41) is 1.36. The van der Waals surface area contributed by atoms with Crippen molar-refractivity contribution in [2.24, 2.45) is 0 Å². The topological polar surface area (TPSA) is 36.4 Å². The molecule has 0 aliphatic rings. The number of benzene rings is 2. The molecule has 0 fully saturated rings. The number of aryl methyl sites for hydroxylation is 2. The maximum atomic E-state index is 13.2. The molecule has 6 heteroatoms. The molecule has 0 aliphatic carbocycles. The molecule has 0 aliphatic heterocycles. The van der Waals surface area contributed by atoms with Gasteiger partial charge in [-0.1, -0.05) is 55.0 Å². The van der Waals surface area contributed by atoms with Crippen LogP contribution >= 0.6 is 22.9 Å². The number of likely N-dealkylation sites (N-methyl/N-ethyl adjacent to an activating group) is 1. The molecular weight excluding hydrogens is 414 g/mol. The number of hydrogen-bond donors (Lipinski definition) is 0. The second kappa shape index (κ2) is 10.2. The van der Waals surface area contributed by atoms with E-state index in [1.165, 1.54) is 11.1 Å². The van der Waals surface area contributed by atoms with Gasteiger partial charge in [-0.2, -0.15) is 0 Å².